The minimum absolute atomic E-state index is 0.00377. The van der Waals surface area contributed by atoms with E-state index in [2.05, 4.69) is 22.2 Å². The summed E-state index contributed by atoms with van der Waals surface area (Å²) in [6.45, 7) is 2.95. The van der Waals surface area contributed by atoms with Crippen molar-refractivity contribution < 1.29 is 8.42 Å². The maximum atomic E-state index is 11.6. The largest absolute Gasteiger partial charge is 0.308 e. The molecule has 18 heavy (non-hydrogen) atoms. The normalized spacial score (nSPS) is 23.9. The van der Waals surface area contributed by atoms with Crippen molar-refractivity contribution in [3.8, 4) is 0 Å². The molecule has 2 rings (SSSR count). The minimum atomic E-state index is -2.86. The molecule has 2 heterocycles. The zero-order valence-electron chi connectivity index (χ0n) is 10.5. The maximum absolute atomic E-state index is 11.6. The fraction of sp³-hybridized carbons (Fsp3) is 0.667. The highest BCUT2D eigenvalue weighted by Gasteiger charge is 2.34. The Morgan fingerprint density at radius 1 is 1.50 bits per heavy atom. The van der Waals surface area contributed by atoms with E-state index in [9.17, 15) is 8.42 Å². The standard InChI is InChI=1S/C12H19N3O2S/c1-2-4-15-12(11-8-13-5-6-14-11)10-3-7-18(16,17)9-10/h5-6,8,10,12,15H,2-4,7,9H2,1H3. The third-order valence-electron chi connectivity index (χ3n) is 3.26. The van der Waals surface area contributed by atoms with E-state index in [-0.39, 0.29) is 17.7 Å². The molecule has 5 nitrogen and oxygen atoms in total. The van der Waals surface area contributed by atoms with Crippen LogP contribution in [0.2, 0.25) is 0 Å². The Kier molecular flexibility index (Phi) is 4.29. The first-order valence-electron chi connectivity index (χ1n) is 6.32. The summed E-state index contributed by atoms with van der Waals surface area (Å²) in [5, 5.41) is 3.40. The fourth-order valence-electron chi connectivity index (χ4n) is 2.37. The van der Waals surface area contributed by atoms with Crippen LogP contribution in [0.4, 0.5) is 0 Å². The lowest BCUT2D eigenvalue weighted by atomic mass is 9.96. The summed E-state index contributed by atoms with van der Waals surface area (Å²) in [7, 11) is -2.86. The smallest absolute Gasteiger partial charge is 0.150 e. The second kappa shape index (κ2) is 5.75. The van der Waals surface area contributed by atoms with Crippen LogP contribution in [-0.4, -0.2) is 36.4 Å². The molecule has 1 N–H and O–H groups in total. The van der Waals surface area contributed by atoms with Crippen molar-refractivity contribution in [2.45, 2.75) is 25.8 Å². The SMILES string of the molecule is CCCNC(c1cnccn1)C1CCS(=O)(=O)C1. The lowest BCUT2D eigenvalue weighted by molar-refractivity contribution is 0.384. The molecule has 0 bridgehead atoms. The Morgan fingerprint density at radius 2 is 2.33 bits per heavy atom. The number of aromatic nitrogens is 2. The van der Waals surface area contributed by atoms with Crippen molar-refractivity contribution in [1.29, 1.82) is 0 Å². The van der Waals surface area contributed by atoms with E-state index >= 15 is 0 Å². The van der Waals surface area contributed by atoms with Gasteiger partial charge in [0, 0.05) is 18.6 Å². The number of nitrogens with zero attached hydrogens (tertiary/aromatic N) is 2. The third kappa shape index (κ3) is 3.26. The second-order valence-electron chi connectivity index (χ2n) is 4.73. The highest BCUT2D eigenvalue weighted by atomic mass is 32.2. The Labute approximate surface area is 108 Å². The molecule has 6 heteroatoms. The highest BCUT2D eigenvalue weighted by molar-refractivity contribution is 7.91. The summed E-state index contributed by atoms with van der Waals surface area (Å²) in [4.78, 5) is 8.37. The van der Waals surface area contributed by atoms with Gasteiger partial charge in [-0.15, -0.1) is 0 Å². The molecule has 2 atom stereocenters. The average Bonchev–Trinajstić information content (AvgIpc) is 2.72. The van der Waals surface area contributed by atoms with E-state index in [0.717, 1.165) is 18.7 Å². The second-order valence-corrected chi connectivity index (χ2v) is 6.95. The number of rotatable bonds is 5. The molecule has 1 fully saturated rings. The molecule has 0 aliphatic carbocycles. The van der Waals surface area contributed by atoms with Gasteiger partial charge < -0.3 is 5.32 Å². The van der Waals surface area contributed by atoms with Crippen LogP contribution in [0, 0.1) is 5.92 Å². The Morgan fingerprint density at radius 3 is 2.89 bits per heavy atom. The first-order valence-corrected chi connectivity index (χ1v) is 8.14. The van der Waals surface area contributed by atoms with E-state index in [1.54, 1.807) is 18.6 Å². The van der Waals surface area contributed by atoms with Gasteiger partial charge in [-0.1, -0.05) is 6.92 Å². The van der Waals surface area contributed by atoms with Crippen molar-refractivity contribution in [2.24, 2.45) is 5.92 Å². The Hall–Kier alpha value is -1.01. The summed E-state index contributed by atoms with van der Waals surface area (Å²) < 4.78 is 23.2. The quantitative estimate of drug-likeness (QED) is 0.861. The van der Waals surface area contributed by atoms with Gasteiger partial charge in [-0.3, -0.25) is 9.97 Å². The monoisotopic (exact) mass is 269 g/mol. The molecule has 0 spiro atoms. The van der Waals surface area contributed by atoms with E-state index in [4.69, 9.17) is 0 Å². The lowest BCUT2D eigenvalue weighted by Crippen LogP contribution is -2.30. The van der Waals surface area contributed by atoms with Crippen LogP contribution in [-0.2, 0) is 9.84 Å². The van der Waals surface area contributed by atoms with Gasteiger partial charge in [0.25, 0.3) is 0 Å². The molecular formula is C12H19N3O2S. The van der Waals surface area contributed by atoms with Crippen LogP contribution < -0.4 is 5.32 Å². The zero-order valence-corrected chi connectivity index (χ0v) is 11.4. The van der Waals surface area contributed by atoms with Crippen LogP contribution in [0.5, 0.6) is 0 Å². The van der Waals surface area contributed by atoms with Crippen LogP contribution in [0.25, 0.3) is 0 Å². The summed E-state index contributed by atoms with van der Waals surface area (Å²) in [5.74, 6) is 0.658. The average molecular weight is 269 g/mol. The number of hydrogen-bond donors (Lipinski definition) is 1. The van der Waals surface area contributed by atoms with Crippen LogP contribution in [0.3, 0.4) is 0 Å². The highest BCUT2D eigenvalue weighted by Crippen LogP contribution is 2.30. The topological polar surface area (TPSA) is 72.0 Å². The molecule has 100 valence electrons. The van der Waals surface area contributed by atoms with Crippen molar-refractivity contribution in [1.82, 2.24) is 15.3 Å². The van der Waals surface area contributed by atoms with Gasteiger partial charge in [0.1, 0.15) is 0 Å². The molecule has 0 saturated carbocycles. The summed E-state index contributed by atoms with van der Waals surface area (Å²) in [5.41, 5.74) is 0.841. The van der Waals surface area contributed by atoms with Gasteiger partial charge in [-0.2, -0.15) is 0 Å². The molecule has 2 unspecified atom stereocenters. The first-order chi connectivity index (χ1) is 8.62. The van der Waals surface area contributed by atoms with Crippen molar-refractivity contribution in [3.05, 3.63) is 24.3 Å². The predicted octanol–water partition coefficient (Wildman–Crippen LogP) is 0.952. The van der Waals surface area contributed by atoms with Crippen molar-refractivity contribution >= 4 is 9.84 Å². The summed E-state index contributed by atoms with van der Waals surface area (Å²) in [6, 6.07) is -0.00377. The van der Waals surface area contributed by atoms with E-state index in [1.165, 1.54) is 0 Å². The van der Waals surface area contributed by atoms with E-state index in [1.807, 2.05) is 0 Å². The number of hydrogen-bond acceptors (Lipinski definition) is 5. The van der Waals surface area contributed by atoms with Crippen molar-refractivity contribution in [3.63, 3.8) is 0 Å². The summed E-state index contributed by atoms with van der Waals surface area (Å²) >= 11 is 0. The number of nitrogens with one attached hydrogen (secondary N) is 1. The van der Waals surface area contributed by atoms with Gasteiger partial charge in [-0.05, 0) is 25.3 Å². The van der Waals surface area contributed by atoms with E-state index < -0.39 is 9.84 Å². The molecule has 1 aromatic rings. The molecule has 1 aliphatic heterocycles. The van der Waals surface area contributed by atoms with Crippen LogP contribution in [0.15, 0.2) is 18.6 Å². The minimum Gasteiger partial charge on any atom is -0.308 e. The predicted molar refractivity (Wildman–Crippen MR) is 69.8 cm³/mol. The molecule has 0 amide bonds. The Bertz CT molecular complexity index is 475. The molecule has 0 aromatic carbocycles. The van der Waals surface area contributed by atoms with Crippen LogP contribution in [0.1, 0.15) is 31.5 Å². The summed E-state index contributed by atoms with van der Waals surface area (Å²) in [6.07, 6.45) is 6.72. The molecular weight excluding hydrogens is 250 g/mol. The van der Waals surface area contributed by atoms with Gasteiger partial charge >= 0.3 is 0 Å². The zero-order chi connectivity index (χ0) is 13.0. The molecule has 0 radical (unpaired) electrons. The molecule has 1 aliphatic rings. The van der Waals surface area contributed by atoms with Gasteiger partial charge in [0.2, 0.25) is 0 Å². The van der Waals surface area contributed by atoms with E-state index in [0.29, 0.717) is 12.2 Å². The fourth-order valence-corrected chi connectivity index (χ4v) is 4.21. The third-order valence-corrected chi connectivity index (χ3v) is 5.05. The van der Waals surface area contributed by atoms with Crippen molar-refractivity contribution in [2.75, 3.05) is 18.1 Å². The van der Waals surface area contributed by atoms with Gasteiger partial charge in [0.05, 0.1) is 23.2 Å². The Balaban J connectivity index is 2.16. The molecule has 1 aromatic heterocycles. The molecule has 1 saturated heterocycles. The first kappa shape index (κ1) is 13.4. The maximum Gasteiger partial charge on any atom is 0.150 e. The van der Waals surface area contributed by atoms with Crippen LogP contribution >= 0.6 is 0 Å². The van der Waals surface area contributed by atoms with Gasteiger partial charge in [0.15, 0.2) is 9.84 Å². The number of sulfone groups is 1. The van der Waals surface area contributed by atoms with Gasteiger partial charge in [-0.25, -0.2) is 8.42 Å². The lowest BCUT2D eigenvalue weighted by Gasteiger charge is -2.22.